The Hall–Kier alpha value is -5.48. The Balaban J connectivity index is 1.48. The number of pyridine rings is 4. The minimum Gasteiger partial charge on any atom is -0.263 e. The van der Waals surface area contributed by atoms with Gasteiger partial charge in [0.25, 0.3) is 0 Å². The van der Waals surface area contributed by atoms with Gasteiger partial charge in [-0.2, -0.15) is 0 Å². The Morgan fingerprint density at radius 2 is 1.18 bits per heavy atom. The third-order valence-electron chi connectivity index (χ3n) is 7.58. The van der Waals surface area contributed by atoms with Gasteiger partial charge >= 0.3 is 0 Å². The zero-order valence-electron chi connectivity index (χ0n) is 21.5. The molecule has 0 saturated heterocycles. The van der Waals surface area contributed by atoms with Crippen molar-refractivity contribution in [2.45, 2.75) is 0 Å². The minimum atomic E-state index is 0.881. The number of fused-ring (bicyclic) bond motifs is 4. The standard InChI is InChI=1S/C36H22N4/c1-4-11-26-23(8-1)18-19-38-36(26)30-22-37-21-29(35(30)34-17-16-24-9-2-5-13-31(24)40-34)27-12-7-15-33-28(27)20-25-10-3-6-14-32(25)39-33/h1-22H. The quantitative estimate of drug-likeness (QED) is 0.223. The maximum Gasteiger partial charge on any atom is 0.0802 e. The molecule has 0 radical (unpaired) electrons. The molecule has 4 aromatic carbocycles. The van der Waals surface area contributed by atoms with Crippen molar-refractivity contribution in [3.63, 3.8) is 0 Å². The Bertz CT molecular complexity index is 2230. The third-order valence-corrected chi connectivity index (χ3v) is 7.58. The van der Waals surface area contributed by atoms with Crippen LogP contribution in [0.1, 0.15) is 0 Å². The molecule has 0 aliphatic heterocycles. The Kier molecular flexibility index (Phi) is 5.10. The first-order valence-corrected chi connectivity index (χ1v) is 13.3. The van der Waals surface area contributed by atoms with E-state index in [1.165, 1.54) is 0 Å². The van der Waals surface area contributed by atoms with Crippen LogP contribution in [0.3, 0.4) is 0 Å². The highest BCUT2D eigenvalue weighted by atomic mass is 14.7. The number of hydrogen-bond donors (Lipinski definition) is 0. The second kappa shape index (κ2) is 9.07. The maximum atomic E-state index is 5.16. The number of nitrogens with zero attached hydrogens (tertiary/aromatic N) is 4. The fourth-order valence-electron chi connectivity index (χ4n) is 5.69. The molecule has 4 aromatic heterocycles. The van der Waals surface area contributed by atoms with Crippen LogP contribution >= 0.6 is 0 Å². The van der Waals surface area contributed by atoms with E-state index in [2.05, 4.69) is 91.0 Å². The molecule has 40 heavy (non-hydrogen) atoms. The van der Waals surface area contributed by atoms with Crippen molar-refractivity contribution < 1.29 is 0 Å². The largest absolute Gasteiger partial charge is 0.263 e. The van der Waals surface area contributed by atoms with Crippen molar-refractivity contribution in [2.24, 2.45) is 0 Å². The molecule has 0 N–H and O–H groups in total. The molecule has 0 spiro atoms. The Morgan fingerprint density at radius 1 is 0.450 bits per heavy atom. The predicted molar refractivity (Wildman–Crippen MR) is 164 cm³/mol. The average molecular weight is 511 g/mol. The summed E-state index contributed by atoms with van der Waals surface area (Å²) in [7, 11) is 0. The molecule has 0 aliphatic carbocycles. The molecule has 4 nitrogen and oxygen atoms in total. The van der Waals surface area contributed by atoms with E-state index in [-0.39, 0.29) is 0 Å². The summed E-state index contributed by atoms with van der Waals surface area (Å²) in [6.45, 7) is 0. The van der Waals surface area contributed by atoms with Crippen LogP contribution in [0.4, 0.5) is 0 Å². The van der Waals surface area contributed by atoms with Crippen LogP contribution in [0.2, 0.25) is 0 Å². The number of hydrogen-bond acceptors (Lipinski definition) is 4. The smallest absolute Gasteiger partial charge is 0.0802 e. The van der Waals surface area contributed by atoms with E-state index in [1.54, 1.807) is 0 Å². The summed E-state index contributed by atoms with van der Waals surface area (Å²) in [5, 5.41) is 5.50. The normalized spacial score (nSPS) is 11.5. The molecule has 4 heteroatoms. The summed E-state index contributed by atoms with van der Waals surface area (Å²) in [6.07, 6.45) is 5.74. The van der Waals surface area contributed by atoms with Crippen molar-refractivity contribution in [3.05, 3.63) is 134 Å². The van der Waals surface area contributed by atoms with Crippen molar-refractivity contribution in [2.75, 3.05) is 0 Å². The summed E-state index contributed by atoms with van der Waals surface area (Å²) in [5.41, 5.74) is 8.66. The van der Waals surface area contributed by atoms with Gasteiger partial charge in [0, 0.05) is 56.8 Å². The summed E-state index contributed by atoms with van der Waals surface area (Å²) >= 11 is 0. The van der Waals surface area contributed by atoms with Crippen molar-refractivity contribution >= 4 is 43.5 Å². The summed E-state index contributed by atoms with van der Waals surface area (Å²) in [4.78, 5) is 19.8. The van der Waals surface area contributed by atoms with E-state index in [1.807, 2.05) is 42.9 Å². The van der Waals surface area contributed by atoms with Gasteiger partial charge < -0.3 is 0 Å². The molecular weight excluding hydrogens is 488 g/mol. The van der Waals surface area contributed by atoms with Gasteiger partial charge in [-0.05, 0) is 47.3 Å². The molecular formula is C36H22N4. The van der Waals surface area contributed by atoms with Crippen molar-refractivity contribution in [3.8, 4) is 33.6 Å². The van der Waals surface area contributed by atoms with Gasteiger partial charge in [-0.25, -0.2) is 9.97 Å². The molecule has 8 rings (SSSR count). The van der Waals surface area contributed by atoms with Crippen LogP contribution in [0.5, 0.6) is 0 Å². The number of aromatic nitrogens is 4. The van der Waals surface area contributed by atoms with Crippen LogP contribution in [-0.4, -0.2) is 19.9 Å². The van der Waals surface area contributed by atoms with Crippen molar-refractivity contribution in [1.82, 2.24) is 19.9 Å². The zero-order valence-corrected chi connectivity index (χ0v) is 21.5. The number of para-hydroxylation sites is 2. The van der Waals surface area contributed by atoms with Crippen LogP contribution in [0.15, 0.2) is 134 Å². The molecule has 0 saturated carbocycles. The first-order chi connectivity index (χ1) is 19.8. The predicted octanol–water partition coefficient (Wildman–Crippen LogP) is 8.88. The molecule has 0 atom stereocenters. The average Bonchev–Trinajstić information content (AvgIpc) is 3.02. The van der Waals surface area contributed by atoms with Gasteiger partial charge in [0.15, 0.2) is 0 Å². The topological polar surface area (TPSA) is 51.6 Å². The second-order valence-electron chi connectivity index (χ2n) is 9.93. The molecule has 0 bridgehead atoms. The van der Waals surface area contributed by atoms with E-state index in [0.29, 0.717) is 0 Å². The van der Waals surface area contributed by atoms with E-state index in [9.17, 15) is 0 Å². The van der Waals surface area contributed by atoms with Gasteiger partial charge in [0.1, 0.15) is 0 Å². The summed E-state index contributed by atoms with van der Waals surface area (Å²) < 4.78 is 0. The molecule has 0 amide bonds. The first-order valence-electron chi connectivity index (χ1n) is 13.3. The van der Waals surface area contributed by atoms with Gasteiger partial charge in [0.05, 0.1) is 27.9 Å². The van der Waals surface area contributed by atoms with E-state index in [0.717, 1.165) is 77.1 Å². The molecule has 0 unspecified atom stereocenters. The maximum absolute atomic E-state index is 5.16. The Morgan fingerprint density at radius 3 is 2.08 bits per heavy atom. The van der Waals surface area contributed by atoms with Gasteiger partial charge in [-0.1, -0.05) is 78.9 Å². The van der Waals surface area contributed by atoms with Gasteiger partial charge in [0.2, 0.25) is 0 Å². The highest BCUT2D eigenvalue weighted by molar-refractivity contribution is 6.07. The van der Waals surface area contributed by atoms with Gasteiger partial charge in [-0.15, -0.1) is 0 Å². The molecule has 0 fully saturated rings. The lowest BCUT2D eigenvalue weighted by atomic mass is 9.90. The molecule has 8 aromatic rings. The molecule has 4 heterocycles. The number of rotatable bonds is 3. The van der Waals surface area contributed by atoms with Crippen LogP contribution < -0.4 is 0 Å². The molecule has 186 valence electrons. The van der Waals surface area contributed by atoms with Gasteiger partial charge in [-0.3, -0.25) is 9.97 Å². The van der Waals surface area contributed by atoms with E-state index in [4.69, 9.17) is 19.9 Å². The fraction of sp³-hybridized carbons (Fsp3) is 0. The highest BCUT2D eigenvalue weighted by Crippen LogP contribution is 2.42. The lowest BCUT2D eigenvalue weighted by molar-refractivity contribution is 1.28. The molecule has 0 aliphatic rings. The third kappa shape index (κ3) is 3.62. The summed E-state index contributed by atoms with van der Waals surface area (Å²) in [5.74, 6) is 0. The van der Waals surface area contributed by atoms with Crippen molar-refractivity contribution in [1.29, 1.82) is 0 Å². The fourth-order valence-corrected chi connectivity index (χ4v) is 5.69. The SMILES string of the molecule is c1ccc2nc(-c3c(-c4nccc5ccccc45)cncc3-c3cccc4nc5ccccc5cc34)ccc2c1. The number of benzene rings is 4. The lowest BCUT2D eigenvalue weighted by Gasteiger charge is -2.17. The Labute approximate surface area is 230 Å². The second-order valence-corrected chi connectivity index (χ2v) is 9.93. The lowest BCUT2D eigenvalue weighted by Crippen LogP contribution is -1.97. The van der Waals surface area contributed by atoms with Crippen LogP contribution in [-0.2, 0) is 0 Å². The first kappa shape index (κ1) is 22.5. The van der Waals surface area contributed by atoms with Crippen LogP contribution in [0.25, 0.3) is 77.1 Å². The highest BCUT2D eigenvalue weighted by Gasteiger charge is 2.20. The minimum absolute atomic E-state index is 0.881. The zero-order chi connectivity index (χ0) is 26.5. The summed E-state index contributed by atoms with van der Waals surface area (Å²) in [6, 6.07) is 39.6. The van der Waals surface area contributed by atoms with Crippen LogP contribution in [0, 0.1) is 0 Å². The van der Waals surface area contributed by atoms with E-state index < -0.39 is 0 Å². The van der Waals surface area contributed by atoms with E-state index >= 15 is 0 Å². The monoisotopic (exact) mass is 510 g/mol.